The Balaban J connectivity index is 3.00. The molecule has 7 nitrogen and oxygen atoms in total. The quantitative estimate of drug-likeness (QED) is 0.596. The highest BCUT2D eigenvalue weighted by Crippen LogP contribution is 2.30. The summed E-state index contributed by atoms with van der Waals surface area (Å²) >= 11 is 0. The Kier molecular flexibility index (Phi) is 3.65. The summed E-state index contributed by atoms with van der Waals surface area (Å²) in [7, 11) is 1.39. The normalized spacial score (nSPS) is 9.56. The highest BCUT2D eigenvalue weighted by Gasteiger charge is 2.16. The molecule has 1 aromatic carbocycles. The summed E-state index contributed by atoms with van der Waals surface area (Å²) in [5, 5.41) is 19.0. The van der Waals surface area contributed by atoms with Gasteiger partial charge in [0.2, 0.25) is 5.75 Å². The molecule has 0 heterocycles. The number of ether oxygens (including phenoxy) is 2. The van der Waals surface area contributed by atoms with Gasteiger partial charge < -0.3 is 14.6 Å². The van der Waals surface area contributed by atoms with Crippen molar-refractivity contribution in [3.63, 3.8) is 0 Å². The first-order valence-corrected chi connectivity index (χ1v) is 4.21. The summed E-state index contributed by atoms with van der Waals surface area (Å²) in [6.45, 7) is -0.645. The van der Waals surface area contributed by atoms with Gasteiger partial charge in [-0.3, -0.25) is 10.1 Å². The van der Waals surface area contributed by atoms with E-state index in [1.807, 2.05) is 0 Å². The minimum atomic E-state index is -1.21. The minimum absolute atomic E-state index is 0.133. The van der Waals surface area contributed by atoms with E-state index in [1.54, 1.807) is 0 Å². The first-order chi connectivity index (χ1) is 7.54. The van der Waals surface area contributed by atoms with Crippen molar-refractivity contribution < 1.29 is 24.3 Å². The second-order valence-electron chi connectivity index (χ2n) is 2.77. The maximum absolute atomic E-state index is 10.6. The Bertz CT molecular complexity index is 416. The Labute approximate surface area is 90.4 Å². The first-order valence-electron chi connectivity index (χ1n) is 4.21. The van der Waals surface area contributed by atoms with E-state index in [0.29, 0.717) is 5.75 Å². The SMILES string of the molecule is COc1ccc([N+](=O)[O-])c(OCC(=O)O)c1. The average molecular weight is 227 g/mol. The first kappa shape index (κ1) is 11.8. The van der Waals surface area contributed by atoms with Crippen molar-refractivity contribution in [1.29, 1.82) is 0 Å². The standard InChI is InChI=1S/C9H9NO6/c1-15-6-2-3-7(10(13)14)8(4-6)16-5-9(11)12/h2-4H,5H2,1H3,(H,11,12). The second-order valence-corrected chi connectivity index (χ2v) is 2.77. The zero-order chi connectivity index (χ0) is 12.1. The minimum Gasteiger partial charge on any atom is -0.497 e. The molecular formula is C9H9NO6. The topological polar surface area (TPSA) is 98.9 Å². The summed E-state index contributed by atoms with van der Waals surface area (Å²) in [6.07, 6.45) is 0. The van der Waals surface area contributed by atoms with E-state index in [4.69, 9.17) is 14.6 Å². The van der Waals surface area contributed by atoms with Crippen molar-refractivity contribution in [1.82, 2.24) is 0 Å². The number of hydrogen-bond donors (Lipinski definition) is 1. The third-order valence-corrected chi connectivity index (χ3v) is 1.71. The van der Waals surface area contributed by atoms with Gasteiger partial charge in [-0.1, -0.05) is 0 Å². The van der Waals surface area contributed by atoms with Crippen molar-refractivity contribution in [3.05, 3.63) is 28.3 Å². The van der Waals surface area contributed by atoms with Crippen molar-refractivity contribution in [2.75, 3.05) is 13.7 Å². The van der Waals surface area contributed by atoms with Gasteiger partial charge in [0.25, 0.3) is 0 Å². The van der Waals surface area contributed by atoms with Crippen LogP contribution in [0.3, 0.4) is 0 Å². The number of nitro groups is 1. The number of aliphatic carboxylic acids is 1. The van der Waals surface area contributed by atoms with Crippen LogP contribution >= 0.6 is 0 Å². The average Bonchev–Trinajstić information content (AvgIpc) is 2.25. The van der Waals surface area contributed by atoms with Crippen LogP contribution in [0.4, 0.5) is 5.69 Å². The summed E-state index contributed by atoms with van der Waals surface area (Å²) in [6, 6.07) is 3.85. The summed E-state index contributed by atoms with van der Waals surface area (Å²) in [4.78, 5) is 20.2. The lowest BCUT2D eigenvalue weighted by molar-refractivity contribution is -0.385. The number of carbonyl (C=O) groups is 1. The third-order valence-electron chi connectivity index (χ3n) is 1.71. The predicted octanol–water partition coefficient (Wildman–Crippen LogP) is 1.07. The van der Waals surface area contributed by atoms with Crippen molar-refractivity contribution >= 4 is 11.7 Å². The summed E-state index contributed by atoms with van der Waals surface area (Å²) in [5.74, 6) is -0.991. The molecular weight excluding hydrogens is 218 g/mol. The van der Waals surface area contributed by atoms with E-state index < -0.39 is 17.5 Å². The Hall–Kier alpha value is -2.31. The van der Waals surface area contributed by atoms with Crippen LogP contribution in [0.15, 0.2) is 18.2 Å². The van der Waals surface area contributed by atoms with E-state index in [0.717, 1.165) is 0 Å². The molecule has 86 valence electrons. The van der Waals surface area contributed by atoms with Gasteiger partial charge in [0, 0.05) is 12.1 Å². The zero-order valence-corrected chi connectivity index (χ0v) is 8.37. The molecule has 0 aliphatic carbocycles. The lowest BCUT2D eigenvalue weighted by atomic mass is 10.3. The highest BCUT2D eigenvalue weighted by molar-refractivity contribution is 5.68. The molecule has 0 fully saturated rings. The summed E-state index contributed by atoms with van der Waals surface area (Å²) < 4.78 is 9.63. The zero-order valence-electron chi connectivity index (χ0n) is 8.37. The van der Waals surface area contributed by atoms with Crippen molar-refractivity contribution in [2.24, 2.45) is 0 Å². The number of rotatable bonds is 5. The van der Waals surface area contributed by atoms with E-state index >= 15 is 0 Å². The van der Waals surface area contributed by atoms with Crippen LogP contribution in [-0.4, -0.2) is 29.7 Å². The fourth-order valence-corrected chi connectivity index (χ4v) is 1.03. The van der Waals surface area contributed by atoms with Gasteiger partial charge in [-0.05, 0) is 6.07 Å². The van der Waals surface area contributed by atoms with Gasteiger partial charge in [-0.2, -0.15) is 0 Å². The Morgan fingerprint density at radius 3 is 2.75 bits per heavy atom. The van der Waals surface area contributed by atoms with Crippen LogP contribution in [0.1, 0.15) is 0 Å². The number of hydrogen-bond acceptors (Lipinski definition) is 5. The molecule has 0 aliphatic heterocycles. The van der Waals surface area contributed by atoms with Crippen molar-refractivity contribution in [2.45, 2.75) is 0 Å². The molecule has 0 saturated carbocycles. The van der Waals surface area contributed by atoms with Crippen LogP contribution < -0.4 is 9.47 Å². The van der Waals surface area contributed by atoms with Gasteiger partial charge in [0.1, 0.15) is 5.75 Å². The van der Waals surface area contributed by atoms with Crippen LogP contribution in [0.25, 0.3) is 0 Å². The molecule has 0 unspecified atom stereocenters. The van der Waals surface area contributed by atoms with Crippen LogP contribution in [0.5, 0.6) is 11.5 Å². The fraction of sp³-hybridized carbons (Fsp3) is 0.222. The number of carboxylic acid groups (broad SMARTS) is 1. The second kappa shape index (κ2) is 4.96. The number of benzene rings is 1. The van der Waals surface area contributed by atoms with Gasteiger partial charge in [-0.25, -0.2) is 4.79 Å². The number of nitro benzene ring substituents is 1. The fourth-order valence-electron chi connectivity index (χ4n) is 1.03. The predicted molar refractivity (Wildman–Crippen MR) is 52.8 cm³/mol. The number of methoxy groups -OCH3 is 1. The summed E-state index contributed by atoms with van der Waals surface area (Å²) in [5.41, 5.74) is -0.304. The highest BCUT2D eigenvalue weighted by atomic mass is 16.6. The maximum atomic E-state index is 10.6. The smallest absolute Gasteiger partial charge is 0.341 e. The monoisotopic (exact) mass is 227 g/mol. The molecule has 0 amide bonds. The van der Waals surface area contributed by atoms with Crippen LogP contribution in [0.2, 0.25) is 0 Å². The molecule has 0 atom stereocenters. The van der Waals surface area contributed by atoms with E-state index in [1.165, 1.54) is 25.3 Å². The molecule has 1 rings (SSSR count). The molecule has 0 aliphatic rings. The molecule has 1 N–H and O–H groups in total. The van der Waals surface area contributed by atoms with E-state index in [9.17, 15) is 14.9 Å². The molecule has 1 aromatic rings. The number of carboxylic acids is 1. The largest absolute Gasteiger partial charge is 0.497 e. The van der Waals surface area contributed by atoms with Gasteiger partial charge in [0.05, 0.1) is 12.0 Å². The lowest BCUT2D eigenvalue weighted by Crippen LogP contribution is -2.10. The maximum Gasteiger partial charge on any atom is 0.341 e. The van der Waals surface area contributed by atoms with Crippen LogP contribution in [0, 0.1) is 10.1 Å². The van der Waals surface area contributed by atoms with Gasteiger partial charge in [-0.15, -0.1) is 0 Å². The molecule has 0 radical (unpaired) electrons. The molecule has 7 heteroatoms. The Morgan fingerprint density at radius 1 is 1.56 bits per heavy atom. The molecule has 0 saturated heterocycles. The van der Waals surface area contributed by atoms with Crippen molar-refractivity contribution in [3.8, 4) is 11.5 Å². The number of nitrogens with zero attached hydrogens (tertiary/aromatic N) is 1. The van der Waals surface area contributed by atoms with Gasteiger partial charge >= 0.3 is 11.7 Å². The van der Waals surface area contributed by atoms with E-state index in [-0.39, 0.29) is 11.4 Å². The third kappa shape index (κ3) is 2.84. The Morgan fingerprint density at radius 2 is 2.25 bits per heavy atom. The molecule has 0 spiro atoms. The lowest BCUT2D eigenvalue weighted by Gasteiger charge is -2.06. The molecule has 16 heavy (non-hydrogen) atoms. The molecule has 0 bridgehead atoms. The van der Waals surface area contributed by atoms with Crippen LogP contribution in [-0.2, 0) is 4.79 Å². The molecule has 0 aromatic heterocycles. The van der Waals surface area contributed by atoms with E-state index in [2.05, 4.69) is 0 Å². The van der Waals surface area contributed by atoms with Gasteiger partial charge in [0.15, 0.2) is 6.61 Å².